The predicted octanol–water partition coefficient (Wildman–Crippen LogP) is 4.26. The van der Waals surface area contributed by atoms with Crippen molar-refractivity contribution in [3.8, 4) is 22.8 Å². The molecule has 204 valence electrons. The van der Waals surface area contributed by atoms with Gasteiger partial charge in [0, 0.05) is 18.6 Å². The zero-order valence-corrected chi connectivity index (χ0v) is 23.5. The Morgan fingerprint density at radius 1 is 1.10 bits per heavy atom. The number of ether oxygens (including phenoxy) is 3. The second-order valence-electron chi connectivity index (χ2n) is 8.76. The number of furan rings is 1. The van der Waals surface area contributed by atoms with E-state index in [0.29, 0.717) is 37.1 Å². The van der Waals surface area contributed by atoms with Gasteiger partial charge in [0.1, 0.15) is 11.5 Å². The molecule has 0 N–H and O–H groups in total. The number of fused-ring (bicyclic) bond motifs is 1. The third-order valence-corrected chi connectivity index (χ3v) is 7.54. The normalized spacial score (nSPS) is 14.9. The summed E-state index contributed by atoms with van der Waals surface area (Å²) in [5.74, 6) is 0.342. The van der Waals surface area contributed by atoms with E-state index in [4.69, 9.17) is 30.2 Å². The number of halogens is 1. The van der Waals surface area contributed by atoms with Gasteiger partial charge >= 0.3 is 11.9 Å². The fourth-order valence-corrected chi connectivity index (χ4v) is 5.72. The number of benzene rings is 2. The molecule has 1 aliphatic heterocycles. The highest BCUT2D eigenvalue weighted by molar-refractivity contribution is 7.07. The lowest BCUT2D eigenvalue weighted by Gasteiger charge is -2.25. The van der Waals surface area contributed by atoms with Gasteiger partial charge < -0.3 is 18.6 Å². The minimum atomic E-state index is -0.874. The van der Waals surface area contributed by atoms with Crippen molar-refractivity contribution in [2.45, 2.75) is 19.9 Å². The van der Waals surface area contributed by atoms with Crippen molar-refractivity contribution in [1.29, 1.82) is 0 Å². The molecule has 1 aliphatic rings. The van der Waals surface area contributed by atoms with E-state index in [1.807, 2.05) is 18.2 Å². The van der Waals surface area contributed by atoms with E-state index in [1.54, 1.807) is 49.4 Å². The van der Waals surface area contributed by atoms with Crippen LogP contribution in [0.1, 0.15) is 31.2 Å². The van der Waals surface area contributed by atoms with Crippen molar-refractivity contribution in [2.24, 2.45) is 4.99 Å². The van der Waals surface area contributed by atoms with Gasteiger partial charge in [0.25, 0.3) is 5.56 Å². The Bertz CT molecular complexity index is 1870. The second-order valence-corrected chi connectivity index (χ2v) is 10.2. The molecule has 0 unspecified atom stereocenters. The topological polar surface area (TPSA) is 109 Å². The lowest BCUT2D eigenvalue weighted by Crippen LogP contribution is -2.39. The number of allylic oxidation sites excluding steroid dienone is 1. The SMILES string of the molecule is COC(=O)C1=C(C)N=c2s/c(=C/c3ccc(-c4ccccc4Cl)o3)c(=O)n2[C@@H]1c1ccc(OC(C)=O)c(OC)c1. The maximum Gasteiger partial charge on any atom is 0.338 e. The molecule has 0 spiro atoms. The van der Waals surface area contributed by atoms with Crippen LogP contribution in [0, 0.1) is 0 Å². The van der Waals surface area contributed by atoms with E-state index in [0.717, 1.165) is 5.56 Å². The summed E-state index contributed by atoms with van der Waals surface area (Å²) >= 11 is 7.47. The van der Waals surface area contributed by atoms with E-state index < -0.39 is 18.0 Å². The molecular formula is C29H23ClN2O7S. The summed E-state index contributed by atoms with van der Waals surface area (Å²) in [7, 11) is 2.70. The van der Waals surface area contributed by atoms with Crippen LogP contribution in [-0.4, -0.2) is 30.7 Å². The van der Waals surface area contributed by atoms with Crippen LogP contribution in [0.15, 0.2) is 80.1 Å². The Morgan fingerprint density at radius 2 is 1.88 bits per heavy atom. The molecule has 1 atom stereocenters. The summed E-state index contributed by atoms with van der Waals surface area (Å²) in [6.07, 6.45) is 1.63. The van der Waals surface area contributed by atoms with Gasteiger partial charge in [-0.2, -0.15) is 0 Å². The van der Waals surface area contributed by atoms with Crippen LogP contribution in [0.4, 0.5) is 0 Å². The molecule has 5 rings (SSSR count). The third-order valence-electron chi connectivity index (χ3n) is 6.22. The fourth-order valence-electron chi connectivity index (χ4n) is 4.47. The van der Waals surface area contributed by atoms with Crippen molar-refractivity contribution in [3.05, 3.63) is 102 Å². The molecule has 0 saturated heterocycles. The van der Waals surface area contributed by atoms with Crippen LogP contribution in [0.25, 0.3) is 17.4 Å². The predicted molar refractivity (Wildman–Crippen MR) is 149 cm³/mol. The third kappa shape index (κ3) is 4.99. The monoisotopic (exact) mass is 578 g/mol. The summed E-state index contributed by atoms with van der Waals surface area (Å²) in [6.45, 7) is 2.96. The average molecular weight is 579 g/mol. The molecule has 0 aliphatic carbocycles. The minimum Gasteiger partial charge on any atom is -0.493 e. The van der Waals surface area contributed by atoms with E-state index >= 15 is 0 Å². The zero-order valence-electron chi connectivity index (χ0n) is 21.9. The molecular weight excluding hydrogens is 556 g/mol. The first-order valence-corrected chi connectivity index (χ1v) is 13.2. The number of nitrogens with zero attached hydrogens (tertiary/aromatic N) is 2. The Kier molecular flexibility index (Phi) is 7.46. The van der Waals surface area contributed by atoms with Gasteiger partial charge in [0.15, 0.2) is 16.3 Å². The largest absolute Gasteiger partial charge is 0.493 e. The van der Waals surface area contributed by atoms with Crippen molar-refractivity contribution in [2.75, 3.05) is 14.2 Å². The Labute approximate surface area is 237 Å². The van der Waals surface area contributed by atoms with Gasteiger partial charge in [-0.25, -0.2) is 9.79 Å². The number of aromatic nitrogens is 1. The molecule has 4 aromatic rings. The molecule has 3 heterocycles. The molecule has 0 amide bonds. The molecule has 9 nitrogen and oxygen atoms in total. The van der Waals surface area contributed by atoms with Crippen LogP contribution < -0.4 is 24.4 Å². The highest BCUT2D eigenvalue weighted by Crippen LogP contribution is 2.36. The molecule has 0 saturated carbocycles. The number of carbonyl (C=O) groups is 2. The van der Waals surface area contributed by atoms with Crippen LogP contribution >= 0.6 is 22.9 Å². The maximum atomic E-state index is 13.8. The number of hydrogen-bond donors (Lipinski definition) is 0. The second kappa shape index (κ2) is 11.0. The van der Waals surface area contributed by atoms with E-state index in [1.165, 1.54) is 37.0 Å². The molecule has 2 aromatic carbocycles. The first-order chi connectivity index (χ1) is 19.2. The summed E-state index contributed by atoms with van der Waals surface area (Å²) in [5, 5.41) is 0.545. The van der Waals surface area contributed by atoms with Gasteiger partial charge in [-0.3, -0.25) is 14.2 Å². The summed E-state index contributed by atoms with van der Waals surface area (Å²) in [6, 6.07) is 14.8. The van der Waals surface area contributed by atoms with Gasteiger partial charge in [-0.15, -0.1) is 0 Å². The molecule has 0 radical (unpaired) electrons. The number of methoxy groups -OCH3 is 2. The maximum absolute atomic E-state index is 13.8. The number of carbonyl (C=O) groups excluding carboxylic acids is 2. The van der Waals surface area contributed by atoms with Crippen LogP contribution in [-0.2, 0) is 14.3 Å². The summed E-state index contributed by atoms with van der Waals surface area (Å²) in [5.41, 5.74) is 1.50. The quantitative estimate of drug-likeness (QED) is 0.248. The smallest absolute Gasteiger partial charge is 0.338 e. The first-order valence-electron chi connectivity index (χ1n) is 12.0. The van der Waals surface area contributed by atoms with Crippen LogP contribution in [0.5, 0.6) is 11.5 Å². The molecule has 40 heavy (non-hydrogen) atoms. The fraction of sp³-hybridized carbons (Fsp3) is 0.172. The number of esters is 2. The Morgan fingerprint density at radius 3 is 2.58 bits per heavy atom. The zero-order chi connectivity index (χ0) is 28.6. The van der Waals surface area contributed by atoms with Crippen molar-refractivity contribution in [1.82, 2.24) is 4.57 Å². The average Bonchev–Trinajstić information content (AvgIpc) is 3.51. The molecule has 0 fully saturated rings. The van der Waals surface area contributed by atoms with Crippen LogP contribution in [0.2, 0.25) is 5.02 Å². The standard InChI is InChI=1S/C29H23ClN2O7S/c1-15-25(28(35)37-4)26(17-9-11-22(38-16(2)33)23(13-17)36-3)32-27(34)24(40-29(32)31-15)14-18-10-12-21(39-18)19-7-5-6-8-20(19)30/h5-14,26H,1-4H3/b24-14+/t26-/m1/s1. The summed E-state index contributed by atoms with van der Waals surface area (Å²) < 4.78 is 23.5. The van der Waals surface area contributed by atoms with Crippen molar-refractivity contribution in [3.63, 3.8) is 0 Å². The number of hydrogen-bond acceptors (Lipinski definition) is 9. The molecule has 2 aromatic heterocycles. The van der Waals surface area contributed by atoms with Gasteiger partial charge in [0.05, 0.1) is 41.1 Å². The van der Waals surface area contributed by atoms with Gasteiger partial charge in [0.2, 0.25) is 0 Å². The van der Waals surface area contributed by atoms with E-state index in [2.05, 4.69) is 4.99 Å². The molecule has 11 heteroatoms. The first kappa shape index (κ1) is 27.2. The lowest BCUT2D eigenvalue weighted by atomic mass is 9.95. The van der Waals surface area contributed by atoms with Crippen molar-refractivity contribution >= 4 is 41.0 Å². The molecule has 0 bridgehead atoms. The highest BCUT2D eigenvalue weighted by atomic mass is 35.5. The highest BCUT2D eigenvalue weighted by Gasteiger charge is 2.33. The minimum absolute atomic E-state index is 0.197. The van der Waals surface area contributed by atoms with Gasteiger partial charge in [-0.1, -0.05) is 41.1 Å². The van der Waals surface area contributed by atoms with E-state index in [9.17, 15) is 14.4 Å². The Balaban J connectivity index is 1.66. The number of thiazole rings is 1. The lowest BCUT2D eigenvalue weighted by molar-refractivity contribution is -0.136. The van der Waals surface area contributed by atoms with E-state index in [-0.39, 0.29) is 22.6 Å². The Hall–Kier alpha value is -4.41. The number of rotatable bonds is 6. The van der Waals surface area contributed by atoms with Crippen LogP contribution in [0.3, 0.4) is 0 Å². The van der Waals surface area contributed by atoms with Gasteiger partial charge in [-0.05, 0) is 48.9 Å². The summed E-state index contributed by atoms with van der Waals surface area (Å²) in [4.78, 5) is 43.2. The van der Waals surface area contributed by atoms with Crippen molar-refractivity contribution < 1.29 is 28.2 Å².